The Morgan fingerprint density at radius 3 is 2.72 bits per heavy atom. The number of piperidine rings is 1. The van der Waals surface area contributed by atoms with Gasteiger partial charge in [-0.15, -0.1) is 11.3 Å². The predicted molar refractivity (Wildman–Crippen MR) is 115 cm³/mol. The number of carbonyl (C=O) groups excluding carboxylic acids is 1. The SMILES string of the molecule is CN(C(=O)CN1CCCCC1c1csc(Nc2ncccn2)n1)C1CCCCC1. The number of anilines is 2. The van der Waals surface area contributed by atoms with E-state index in [1.165, 1.54) is 25.7 Å². The first kappa shape index (κ1) is 20.2. The van der Waals surface area contributed by atoms with E-state index in [0.717, 1.165) is 43.1 Å². The van der Waals surface area contributed by atoms with Crippen LogP contribution in [-0.2, 0) is 4.79 Å². The molecule has 1 saturated heterocycles. The Morgan fingerprint density at radius 2 is 1.93 bits per heavy atom. The lowest BCUT2D eigenvalue weighted by Crippen LogP contribution is -2.46. The highest BCUT2D eigenvalue weighted by Gasteiger charge is 2.30. The van der Waals surface area contributed by atoms with E-state index in [4.69, 9.17) is 4.98 Å². The number of hydrogen-bond donors (Lipinski definition) is 1. The molecule has 3 heterocycles. The van der Waals surface area contributed by atoms with Crippen molar-refractivity contribution in [2.45, 2.75) is 63.5 Å². The second kappa shape index (κ2) is 9.63. The first-order chi connectivity index (χ1) is 14.2. The van der Waals surface area contributed by atoms with Gasteiger partial charge in [-0.2, -0.15) is 0 Å². The van der Waals surface area contributed by atoms with Crippen molar-refractivity contribution >= 4 is 28.3 Å². The van der Waals surface area contributed by atoms with E-state index in [1.54, 1.807) is 29.8 Å². The molecule has 1 saturated carbocycles. The van der Waals surface area contributed by atoms with Crippen molar-refractivity contribution < 1.29 is 4.79 Å². The van der Waals surface area contributed by atoms with E-state index in [2.05, 4.69) is 25.6 Å². The molecule has 1 atom stereocenters. The van der Waals surface area contributed by atoms with Crippen LogP contribution in [0.25, 0.3) is 0 Å². The van der Waals surface area contributed by atoms with Crippen LogP contribution in [0.1, 0.15) is 63.1 Å². The van der Waals surface area contributed by atoms with Gasteiger partial charge < -0.3 is 10.2 Å². The van der Waals surface area contributed by atoms with Crippen molar-refractivity contribution in [2.75, 3.05) is 25.5 Å². The minimum Gasteiger partial charge on any atom is -0.342 e. The molecule has 156 valence electrons. The number of likely N-dealkylation sites (tertiary alicyclic amines) is 1. The molecule has 1 amide bonds. The van der Waals surface area contributed by atoms with Gasteiger partial charge in [0.1, 0.15) is 0 Å². The summed E-state index contributed by atoms with van der Waals surface area (Å²) in [5.41, 5.74) is 1.04. The second-order valence-electron chi connectivity index (χ2n) is 8.05. The maximum Gasteiger partial charge on any atom is 0.236 e. The summed E-state index contributed by atoms with van der Waals surface area (Å²) in [6, 6.07) is 2.41. The molecule has 0 spiro atoms. The van der Waals surface area contributed by atoms with Crippen LogP contribution >= 0.6 is 11.3 Å². The molecule has 1 aliphatic heterocycles. The molecule has 2 aromatic heterocycles. The standard InChI is InChI=1S/C21H30N6OS/c1-26(16-8-3-2-4-9-16)19(28)14-27-13-6-5-10-18(27)17-15-29-21(24-17)25-20-22-11-7-12-23-20/h7,11-12,15-16,18H,2-6,8-10,13-14H2,1H3,(H,22,23,24,25). The fourth-order valence-corrected chi connectivity index (χ4v) is 5.18. The Labute approximate surface area is 176 Å². The van der Waals surface area contributed by atoms with E-state index in [9.17, 15) is 4.79 Å². The minimum atomic E-state index is 0.205. The summed E-state index contributed by atoms with van der Waals surface area (Å²) in [4.78, 5) is 30.5. The van der Waals surface area contributed by atoms with E-state index in [1.807, 2.05) is 11.9 Å². The Hall–Kier alpha value is -2.06. The van der Waals surface area contributed by atoms with Crippen LogP contribution in [0.2, 0.25) is 0 Å². The minimum absolute atomic E-state index is 0.205. The molecule has 0 radical (unpaired) electrons. The lowest BCUT2D eigenvalue weighted by atomic mass is 9.94. The highest BCUT2D eigenvalue weighted by molar-refractivity contribution is 7.13. The zero-order valence-corrected chi connectivity index (χ0v) is 17.9. The summed E-state index contributed by atoms with van der Waals surface area (Å²) in [6.07, 6.45) is 12.9. The highest BCUT2D eigenvalue weighted by Crippen LogP contribution is 2.33. The maximum atomic E-state index is 13.0. The van der Waals surface area contributed by atoms with Gasteiger partial charge in [0.15, 0.2) is 5.13 Å². The average Bonchev–Trinajstić information content (AvgIpc) is 3.23. The Bertz CT molecular complexity index is 791. The molecule has 8 heteroatoms. The van der Waals surface area contributed by atoms with Crippen LogP contribution in [-0.4, -0.2) is 56.8 Å². The number of thiazole rings is 1. The molecule has 0 bridgehead atoms. The van der Waals surface area contributed by atoms with Gasteiger partial charge in [-0.1, -0.05) is 25.7 Å². The molecule has 2 fully saturated rings. The average molecular weight is 415 g/mol. The van der Waals surface area contributed by atoms with Crippen LogP contribution in [0.15, 0.2) is 23.8 Å². The number of likely N-dealkylation sites (N-methyl/N-ethyl adjacent to an activating group) is 1. The number of nitrogens with zero attached hydrogens (tertiary/aromatic N) is 5. The van der Waals surface area contributed by atoms with Crippen molar-refractivity contribution in [3.8, 4) is 0 Å². The summed E-state index contributed by atoms with van der Waals surface area (Å²) >= 11 is 1.56. The maximum absolute atomic E-state index is 13.0. The molecule has 2 aromatic rings. The van der Waals surface area contributed by atoms with Crippen LogP contribution in [0, 0.1) is 0 Å². The van der Waals surface area contributed by atoms with Gasteiger partial charge in [-0.25, -0.2) is 15.0 Å². The lowest BCUT2D eigenvalue weighted by molar-refractivity contribution is -0.134. The van der Waals surface area contributed by atoms with Crippen LogP contribution < -0.4 is 5.32 Å². The molecule has 2 aliphatic rings. The Kier molecular flexibility index (Phi) is 6.71. The topological polar surface area (TPSA) is 74.2 Å². The van der Waals surface area contributed by atoms with Gasteiger partial charge in [-0.3, -0.25) is 9.69 Å². The molecule has 1 N–H and O–H groups in total. The van der Waals surface area contributed by atoms with Gasteiger partial charge in [0.05, 0.1) is 18.3 Å². The molecular formula is C21H30N6OS. The van der Waals surface area contributed by atoms with Gasteiger partial charge in [0.2, 0.25) is 11.9 Å². The lowest BCUT2D eigenvalue weighted by Gasteiger charge is -2.37. The summed E-state index contributed by atoms with van der Waals surface area (Å²) in [7, 11) is 1.99. The third kappa shape index (κ3) is 5.11. The molecule has 4 rings (SSSR count). The molecule has 1 unspecified atom stereocenters. The monoisotopic (exact) mass is 414 g/mol. The number of hydrogen-bond acceptors (Lipinski definition) is 7. The largest absolute Gasteiger partial charge is 0.342 e. The number of nitrogens with one attached hydrogen (secondary N) is 1. The number of aromatic nitrogens is 3. The first-order valence-electron chi connectivity index (χ1n) is 10.7. The summed E-state index contributed by atoms with van der Waals surface area (Å²) < 4.78 is 0. The summed E-state index contributed by atoms with van der Waals surface area (Å²) in [5, 5.41) is 6.07. The quantitative estimate of drug-likeness (QED) is 0.770. The highest BCUT2D eigenvalue weighted by atomic mass is 32.1. The Balaban J connectivity index is 1.40. The van der Waals surface area contributed by atoms with Crippen LogP contribution in [0.5, 0.6) is 0 Å². The summed E-state index contributed by atoms with van der Waals surface area (Å²) in [6.45, 7) is 1.44. The van der Waals surface area contributed by atoms with Crippen molar-refractivity contribution in [2.24, 2.45) is 0 Å². The third-order valence-corrected chi connectivity index (χ3v) is 6.89. The predicted octanol–water partition coefficient (Wildman–Crippen LogP) is 3.99. The zero-order chi connectivity index (χ0) is 20.1. The first-order valence-corrected chi connectivity index (χ1v) is 11.6. The number of carbonyl (C=O) groups is 1. The van der Waals surface area contributed by atoms with Gasteiger partial charge in [0.25, 0.3) is 0 Å². The van der Waals surface area contributed by atoms with Gasteiger partial charge >= 0.3 is 0 Å². The fraction of sp³-hybridized carbons (Fsp3) is 0.619. The second-order valence-corrected chi connectivity index (χ2v) is 8.91. The van der Waals surface area contributed by atoms with E-state index >= 15 is 0 Å². The van der Waals surface area contributed by atoms with Crippen molar-refractivity contribution in [1.82, 2.24) is 24.8 Å². The van der Waals surface area contributed by atoms with Crippen molar-refractivity contribution in [3.05, 3.63) is 29.5 Å². The molecule has 29 heavy (non-hydrogen) atoms. The molecular weight excluding hydrogens is 384 g/mol. The van der Waals surface area contributed by atoms with E-state index in [0.29, 0.717) is 18.5 Å². The molecule has 1 aliphatic carbocycles. The van der Waals surface area contributed by atoms with E-state index < -0.39 is 0 Å². The molecule has 7 nitrogen and oxygen atoms in total. The number of rotatable bonds is 6. The van der Waals surface area contributed by atoms with Crippen molar-refractivity contribution in [1.29, 1.82) is 0 Å². The third-order valence-electron chi connectivity index (χ3n) is 6.12. The van der Waals surface area contributed by atoms with Crippen LogP contribution in [0.4, 0.5) is 11.1 Å². The smallest absolute Gasteiger partial charge is 0.236 e. The number of amides is 1. The van der Waals surface area contributed by atoms with Crippen molar-refractivity contribution in [3.63, 3.8) is 0 Å². The van der Waals surface area contributed by atoms with E-state index in [-0.39, 0.29) is 11.9 Å². The summed E-state index contributed by atoms with van der Waals surface area (Å²) in [5.74, 6) is 0.799. The normalized spacial score (nSPS) is 21.1. The van der Waals surface area contributed by atoms with Gasteiger partial charge in [0, 0.05) is 30.9 Å². The fourth-order valence-electron chi connectivity index (χ4n) is 4.43. The Morgan fingerprint density at radius 1 is 1.17 bits per heavy atom. The van der Waals surface area contributed by atoms with Crippen LogP contribution in [0.3, 0.4) is 0 Å². The molecule has 0 aromatic carbocycles. The van der Waals surface area contributed by atoms with Gasteiger partial charge in [-0.05, 0) is 38.3 Å². The zero-order valence-electron chi connectivity index (χ0n) is 17.1.